The van der Waals surface area contributed by atoms with Gasteiger partial charge in [-0.2, -0.15) is 0 Å². The third-order valence-electron chi connectivity index (χ3n) is 3.14. The molecule has 0 fully saturated rings. The lowest BCUT2D eigenvalue weighted by Gasteiger charge is -2.09. The maximum atomic E-state index is 11.5. The van der Waals surface area contributed by atoms with Gasteiger partial charge in [0.1, 0.15) is 5.78 Å². The van der Waals surface area contributed by atoms with Crippen LogP contribution in [0.4, 0.5) is 0 Å². The average Bonchev–Trinajstić information content (AvgIpc) is 2.22. The Bertz CT molecular complexity index is 343. The van der Waals surface area contributed by atoms with Crippen LogP contribution in [0.15, 0.2) is 18.2 Å². The maximum absolute atomic E-state index is 11.5. The summed E-state index contributed by atoms with van der Waals surface area (Å²) >= 11 is 0. The van der Waals surface area contributed by atoms with Crippen molar-refractivity contribution in [3.63, 3.8) is 0 Å². The molecule has 1 aromatic rings. The molecule has 0 unspecified atom stereocenters. The first-order chi connectivity index (χ1) is 7.52. The van der Waals surface area contributed by atoms with Crippen LogP contribution in [0.25, 0.3) is 0 Å². The van der Waals surface area contributed by atoms with Gasteiger partial charge < -0.3 is 0 Å². The molecule has 0 saturated carbocycles. The lowest BCUT2D eigenvalue weighted by atomic mass is 9.96. The molecule has 0 aliphatic rings. The summed E-state index contributed by atoms with van der Waals surface area (Å²) in [6.07, 6.45) is 2.71. The van der Waals surface area contributed by atoms with E-state index in [4.69, 9.17) is 0 Å². The largest absolute Gasteiger partial charge is 0.299 e. The van der Waals surface area contributed by atoms with Crippen LogP contribution in [-0.2, 0) is 11.2 Å². The number of carbonyl (C=O) groups is 1. The van der Waals surface area contributed by atoms with Gasteiger partial charge in [0.05, 0.1) is 0 Å². The van der Waals surface area contributed by atoms with Crippen molar-refractivity contribution >= 4 is 5.78 Å². The summed E-state index contributed by atoms with van der Waals surface area (Å²) in [6, 6.07) is 6.38. The molecule has 0 atom stereocenters. The molecule has 0 aliphatic carbocycles. The first kappa shape index (κ1) is 13.0. The molecule has 88 valence electrons. The van der Waals surface area contributed by atoms with Crippen LogP contribution in [-0.4, -0.2) is 5.78 Å². The predicted molar refractivity (Wildman–Crippen MR) is 68.7 cm³/mol. The maximum Gasteiger partial charge on any atom is 0.135 e. The Kier molecular flexibility index (Phi) is 4.72. The van der Waals surface area contributed by atoms with Crippen LogP contribution in [0.2, 0.25) is 0 Å². The van der Waals surface area contributed by atoms with Crippen molar-refractivity contribution in [2.45, 2.75) is 47.0 Å². The number of carbonyl (C=O) groups excluding carboxylic acids is 1. The van der Waals surface area contributed by atoms with Gasteiger partial charge in [-0.05, 0) is 43.4 Å². The zero-order valence-electron chi connectivity index (χ0n) is 10.8. The quantitative estimate of drug-likeness (QED) is 0.733. The lowest BCUT2D eigenvalue weighted by Crippen LogP contribution is -2.07. The second kappa shape index (κ2) is 5.83. The van der Waals surface area contributed by atoms with E-state index in [1.54, 1.807) is 0 Å². The standard InChI is InChI=1S/C15H22O/c1-11(2)15(16)10-6-9-14-12(3)7-5-8-13(14)4/h5,7-8,11H,6,9-10H2,1-4H3. The summed E-state index contributed by atoms with van der Waals surface area (Å²) in [7, 11) is 0. The number of benzene rings is 1. The van der Waals surface area contributed by atoms with Gasteiger partial charge in [-0.3, -0.25) is 4.79 Å². The van der Waals surface area contributed by atoms with E-state index in [0.717, 1.165) is 12.8 Å². The summed E-state index contributed by atoms with van der Waals surface area (Å²) in [4.78, 5) is 11.5. The molecule has 16 heavy (non-hydrogen) atoms. The summed E-state index contributed by atoms with van der Waals surface area (Å²) in [6.45, 7) is 8.24. The van der Waals surface area contributed by atoms with Crippen LogP contribution in [0.3, 0.4) is 0 Å². The van der Waals surface area contributed by atoms with Gasteiger partial charge in [-0.1, -0.05) is 32.0 Å². The van der Waals surface area contributed by atoms with E-state index >= 15 is 0 Å². The van der Waals surface area contributed by atoms with E-state index in [9.17, 15) is 4.79 Å². The number of Topliss-reactive ketones (excluding diaryl/α,β-unsaturated/α-hetero) is 1. The molecular formula is C15H22O. The molecule has 0 N–H and O–H groups in total. The molecule has 0 amide bonds. The summed E-state index contributed by atoms with van der Waals surface area (Å²) in [5, 5.41) is 0. The minimum atomic E-state index is 0.179. The highest BCUT2D eigenvalue weighted by Crippen LogP contribution is 2.16. The molecule has 1 nitrogen and oxygen atoms in total. The topological polar surface area (TPSA) is 17.1 Å². The minimum absolute atomic E-state index is 0.179. The predicted octanol–water partition coefficient (Wildman–Crippen LogP) is 3.85. The Morgan fingerprint density at radius 3 is 2.25 bits per heavy atom. The number of hydrogen-bond donors (Lipinski definition) is 0. The third-order valence-corrected chi connectivity index (χ3v) is 3.14. The zero-order valence-corrected chi connectivity index (χ0v) is 10.8. The van der Waals surface area contributed by atoms with Crippen molar-refractivity contribution in [3.05, 3.63) is 34.9 Å². The van der Waals surface area contributed by atoms with Crippen molar-refractivity contribution in [1.29, 1.82) is 0 Å². The Morgan fingerprint density at radius 1 is 1.19 bits per heavy atom. The van der Waals surface area contributed by atoms with Gasteiger partial charge in [-0.15, -0.1) is 0 Å². The SMILES string of the molecule is Cc1cccc(C)c1CCCC(=O)C(C)C. The van der Waals surface area contributed by atoms with Crippen LogP contribution < -0.4 is 0 Å². The molecular weight excluding hydrogens is 196 g/mol. The Hall–Kier alpha value is -1.11. The monoisotopic (exact) mass is 218 g/mol. The van der Waals surface area contributed by atoms with Crippen molar-refractivity contribution in [1.82, 2.24) is 0 Å². The Balaban J connectivity index is 2.52. The average molecular weight is 218 g/mol. The van der Waals surface area contributed by atoms with Gasteiger partial charge >= 0.3 is 0 Å². The highest BCUT2D eigenvalue weighted by Gasteiger charge is 2.08. The Labute approximate surface area is 98.9 Å². The van der Waals surface area contributed by atoms with Crippen molar-refractivity contribution in [2.24, 2.45) is 5.92 Å². The van der Waals surface area contributed by atoms with Gasteiger partial charge in [0.15, 0.2) is 0 Å². The van der Waals surface area contributed by atoms with E-state index < -0.39 is 0 Å². The van der Waals surface area contributed by atoms with Crippen molar-refractivity contribution in [3.8, 4) is 0 Å². The second-order valence-corrected chi connectivity index (χ2v) is 4.84. The molecule has 0 spiro atoms. The molecule has 0 aliphatic heterocycles. The normalized spacial score (nSPS) is 10.8. The molecule has 0 aromatic heterocycles. The highest BCUT2D eigenvalue weighted by molar-refractivity contribution is 5.80. The smallest absolute Gasteiger partial charge is 0.135 e. The molecule has 0 saturated heterocycles. The van der Waals surface area contributed by atoms with E-state index in [0.29, 0.717) is 12.2 Å². The number of ketones is 1. The van der Waals surface area contributed by atoms with E-state index in [2.05, 4.69) is 32.0 Å². The molecule has 0 bridgehead atoms. The number of hydrogen-bond acceptors (Lipinski definition) is 1. The first-order valence-corrected chi connectivity index (χ1v) is 6.10. The van der Waals surface area contributed by atoms with E-state index in [1.165, 1.54) is 16.7 Å². The fourth-order valence-corrected chi connectivity index (χ4v) is 1.97. The fourth-order valence-electron chi connectivity index (χ4n) is 1.97. The van der Waals surface area contributed by atoms with Gasteiger partial charge in [-0.25, -0.2) is 0 Å². The molecule has 1 rings (SSSR count). The molecule has 0 heterocycles. The number of aryl methyl sites for hydroxylation is 2. The van der Waals surface area contributed by atoms with Crippen LogP contribution >= 0.6 is 0 Å². The summed E-state index contributed by atoms with van der Waals surface area (Å²) in [5.41, 5.74) is 4.10. The van der Waals surface area contributed by atoms with Gasteiger partial charge in [0, 0.05) is 12.3 Å². The van der Waals surface area contributed by atoms with Crippen LogP contribution in [0.5, 0.6) is 0 Å². The first-order valence-electron chi connectivity index (χ1n) is 6.10. The molecule has 1 aromatic carbocycles. The molecule has 1 heteroatoms. The number of rotatable bonds is 5. The highest BCUT2D eigenvalue weighted by atomic mass is 16.1. The third kappa shape index (κ3) is 3.48. The van der Waals surface area contributed by atoms with E-state index in [-0.39, 0.29) is 5.92 Å². The second-order valence-electron chi connectivity index (χ2n) is 4.84. The van der Waals surface area contributed by atoms with Gasteiger partial charge in [0.25, 0.3) is 0 Å². The van der Waals surface area contributed by atoms with Crippen molar-refractivity contribution < 1.29 is 4.79 Å². The summed E-state index contributed by atoms with van der Waals surface area (Å²) < 4.78 is 0. The lowest BCUT2D eigenvalue weighted by molar-refractivity contribution is -0.121. The van der Waals surface area contributed by atoms with Crippen LogP contribution in [0, 0.1) is 19.8 Å². The zero-order chi connectivity index (χ0) is 12.1. The fraction of sp³-hybridized carbons (Fsp3) is 0.533. The van der Waals surface area contributed by atoms with Crippen LogP contribution in [0.1, 0.15) is 43.4 Å². The minimum Gasteiger partial charge on any atom is -0.299 e. The molecule has 0 radical (unpaired) electrons. The van der Waals surface area contributed by atoms with Crippen molar-refractivity contribution in [2.75, 3.05) is 0 Å². The van der Waals surface area contributed by atoms with E-state index in [1.807, 2.05) is 13.8 Å². The Morgan fingerprint density at radius 2 is 1.75 bits per heavy atom. The van der Waals surface area contributed by atoms with Gasteiger partial charge in [0.2, 0.25) is 0 Å². The summed E-state index contributed by atoms with van der Waals surface area (Å²) in [5.74, 6) is 0.559.